The van der Waals surface area contributed by atoms with E-state index < -0.39 is 0 Å². The average Bonchev–Trinajstić information content (AvgIpc) is 2.79. The Balaban J connectivity index is 1.42. The van der Waals surface area contributed by atoms with E-state index in [-0.39, 0.29) is 11.7 Å². The van der Waals surface area contributed by atoms with Gasteiger partial charge in [-0.15, -0.1) is 0 Å². The number of rotatable bonds is 8. The summed E-state index contributed by atoms with van der Waals surface area (Å²) >= 11 is 0. The third kappa shape index (κ3) is 5.82. The summed E-state index contributed by atoms with van der Waals surface area (Å²) in [6, 6.07) is 9.49. The maximum absolute atomic E-state index is 11.6. The molecular formula is C25H32N4O4. The van der Waals surface area contributed by atoms with E-state index >= 15 is 0 Å². The molecule has 0 atom stereocenters. The van der Waals surface area contributed by atoms with Crippen LogP contribution in [0.5, 0.6) is 11.6 Å². The molecule has 0 radical (unpaired) electrons. The fraction of sp³-hybridized carbons (Fsp3) is 0.480. The van der Waals surface area contributed by atoms with E-state index in [9.17, 15) is 4.79 Å². The first-order valence-electron chi connectivity index (χ1n) is 11.5. The SMILES string of the molecule is CC(C)Oc1cc2oc(=O)ccc2cc1CCOc1cc(N2CCC(N(C)C)CC2)ncn1. The van der Waals surface area contributed by atoms with E-state index in [4.69, 9.17) is 13.9 Å². The molecule has 33 heavy (non-hydrogen) atoms. The van der Waals surface area contributed by atoms with Crippen molar-refractivity contribution in [2.45, 2.75) is 45.3 Å². The molecule has 0 N–H and O–H groups in total. The van der Waals surface area contributed by atoms with Crippen molar-refractivity contribution >= 4 is 16.8 Å². The first-order valence-corrected chi connectivity index (χ1v) is 11.5. The van der Waals surface area contributed by atoms with Gasteiger partial charge in [0.15, 0.2) is 0 Å². The number of aromatic nitrogens is 2. The van der Waals surface area contributed by atoms with Gasteiger partial charge in [0.1, 0.15) is 23.5 Å². The Morgan fingerprint density at radius 2 is 1.94 bits per heavy atom. The zero-order valence-electron chi connectivity index (χ0n) is 19.8. The Hall–Kier alpha value is -3.13. The lowest BCUT2D eigenvalue weighted by atomic mass is 10.0. The Morgan fingerprint density at radius 3 is 2.67 bits per heavy atom. The number of fused-ring (bicyclic) bond motifs is 1. The zero-order valence-corrected chi connectivity index (χ0v) is 19.8. The molecule has 1 aromatic carbocycles. The largest absolute Gasteiger partial charge is 0.491 e. The van der Waals surface area contributed by atoms with Gasteiger partial charge in [-0.2, -0.15) is 0 Å². The van der Waals surface area contributed by atoms with Crippen LogP contribution in [0.4, 0.5) is 5.82 Å². The van der Waals surface area contributed by atoms with E-state index in [2.05, 4.69) is 33.9 Å². The molecule has 1 saturated heterocycles. The van der Waals surface area contributed by atoms with Crippen LogP contribution in [0, 0.1) is 0 Å². The Morgan fingerprint density at radius 1 is 1.15 bits per heavy atom. The van der Waals surface area contributed by atoms with Crippen LogP contribution in [0.3, 0.4) is 0 Å². The third-order valence-electron chi connectivity index (χ3n) is 5.93. The van der Waals surface area contributed by atoms with Crippen molar-refractivity contribution in [2.24, 2.45) is 0 Å². The van der Waals surface area contributed by atoms with E-state index in [1.807, 2.05) is 26.0 Å². The van der Waals surface area contributed by atoms with E-state index in [1.54, 1.807) is 18.5 Å². The maximum atomic E-state index is 11.6. The molecular weight excluding hydrogens is 420 g/mol. The number of hydrogen-bond donors (Lipinski definition) is 0. The number of piperidine rings is 1. The molecule has 4 rings (SSSR count). The molecule has 0 amide bonds. The molecule has 8 heteroatoms. The van der Waals surface area contributed by atoms with Gasteiger partial charge in [0.25, 0.3) is 0 Å². The van der Waals surface area contributed by atoms with Gasteiger partial charge >= 0.3 is 5.63 Å². The van der Waals surface area contributed by atoms with E-state index in [1.165, 1.54) is 6.07 Å². The van der Waals surface area contributed by atoms with Crippen molar-refractivity contribution in [1.82, 2.24) is 14.9 Å². The molecule has 0 unspecified atom stereocenters. The lowest BCUT2D eigenvalue weighted by Crippen LogP contribution is -2.42. The highest BCUT2D eigenvalue weighted by Gasteiger charge is 2.21. The van der Waals surface area contributed by atoms with Crippen molar-refractivity contribution in [1.29, 1.82) is 0 Å². The van der Waals surface area contributed by atoms with Crippen molar-refractivity contribution in [3.8, 4) is 11.6 Å². The molecule has 0 spiro atoms. The highest BCUT2D eigenvalue weighted by atomic mass is 16.5. The Kier molecular flexibility index (Phi) is 7.13. The van der Waals surface area contributed by atoms with Gasteiger partial charge < -0.3 is 23.7 Å². The first-order chi connectivity index (χ1) is 15.9. The molecule has 0 aliphatic carbocycles. The second-order valence-electron chi connectivity index (χ2n) is 8.91. The monoisotopic (exact) mass is 452 g/mol. The van der Waals surface area contributed by atoms with E-state index in [0.29, 0.717) is 36.3 Å². The fourth-order valence-corrected chi connectivity index (χ4v) is 4.16. The van der Waals surface area contributed by atoms with Crippen LogP contribution in [0.15, 0.2) is 45.9 Å². The Bertz CT molecular complexity index is 1140. The van der Waals surface area contributed by atoms with Crippen molar-refractivity contribution in [3.05, 3.63) is 52.6 Å². The van der Waals surface area contributed by atoms with Gasteiger partial charge in [-0.25, -0.2) is 14.8 Å². The minimum Gasteiger partial charge on any atom is -0.491 e. The zero-order chi connectivity index (χ0) is 23.4. The smallest absolute Gasteiger partial charge is 0.336 e. The van der Waals surface area contributed by atoms with Crippen LogP contribution >= 0.6 is 0 Å². The lowest BCUT2D eigenvalue weighted by Gasteiger charge is -2.35. The molecule has 2 aromatic heterocycles. The normalized spacial score (nSPS) is 14.9. The summed E-state index contributed by atoms with van der Waals surface area (Å²) in [5, 5.41) is 0.853. The molecule has 3 aromatic rings. The van der Waals surface area contributed by atoms with Crippen LogP contribution in [0.2, 0.25) is 0 Å². The summed E-state index contributed by atoms with van der Waals surface area (Å²) in [5.41, 5.74) is 1.13. The highest BCUT2D eigenvalue weighted by Crippen LogP contribution is 2.27. The minimum absolute atomic E-state index is 0.00129. The first kappa shape index (κ1) is 23.0. The topological polar surface area (TPSA) is 80.9 Å². The van der Waals surface area contributed by atoms with Crippen molar-refractivity contribution in [3.63, 3.8) is 0 Å². The van der Waals surface area contributed by atoms with Gasteiger partial charge in [0.2, 0.25) is 5.88 Å². The van der Waals surface area contributed by atoms with Crippen LogP contribution in [0.25, 0.3) is 11.0 Å². The van der Waals surface area contributed by atoms with Gasteiger partial charge in [-0.05, 0) is 58.5 Å². The van der Waals surface area contributed by atoms with E-state index in [0.717, 1.165) is 42.7 Å². The van der Waals surface area contributed by atoms with Crippen LogP contribution in [-0.4, -0.2) is 60.8 Å². The third-order valence-corrected chi connectivity index (χ3v) is 5.93. The van der Waals surface area contributed by atoms with Gasteiger partial charge in [-0.3, -0.25) is 0 Å². The Labute approximate surface area is 194 Å². The number of nitrogens with zero attached hydrogens (tertiary/aromatic N) is 4. The average molecular weight is 453 g/mol. The summed E-state index contributed by atoms with van der Waals surface area (Å²) in [6.45, 7) is 6.32. The quantitative estimate of drug-likeness (QED) is 0.480. The molecule has 0 bridgehead atoms. The molecule has 1 aliphatic heterocycles. The second-order valence-corrected chi connectivity index (χ2v) is 8.91. The predicted octanol–water partition coefficient (Wildman–Crippen LogP) is 3.52. The highest BCUT2D eigenvalue weighted by molar-refractivity contribution is 5.79. The minimum atomic E-state index is -0.375. The fourth-order valence-electron chi connectivity index (χ4n) is 4.16. The van der Waals surface area contributed by atoms with Crippen molar-refractivity contribution < 1.29 is 13.9 Å². The summed E-state index contributed by atoms with van der Waals surface area (Å²) in [5.74, 6) is 2.16. The summed E-state index contributed by atoms with van der Waals surface area (Å²) < 4.78 is 17.3. The summed E-state index contributed by atoms with van der Waals surface area (Å²) in [7, 11) is 4.28. The van der Waals surface area contributed by atoms with Gasteiger partial charge in [-0.1, -0.05) is 0 Å². The predicted molar refractivity (Wildman–Crippen MR) is 128 cm³/mol. The molecule has 8 nitrogen and oxygen atoms in total. The van der Waals surface area contributed by atoms with Gasteiger partial charge in [0.05, 0.1) is 12.7 Å². The summed E-state index contributed by atoms with van der Waals surface area (Å²) in [4.78, 5) is 24.9. The molecule has 3 heterocycles. The number of anilines is 1. The molecule has 1 fully saturated rings. The maximum Gasteiger partial charge on any atom is 0.336 e. The lowest BCUT2D eigenvalue weighted by molar-refractivity contribution is 0.237. The molecule has 1 aliphatic rings. The second kappa shape index (κ2) is 10.2. The standard InChI is InChI=1S/C25H32N4O4/c1-17(2)32-21-14-22-18(5-6-25(30)33-22)13-19(21)9-12-31-24-15-23(26-16-27-24)29-10-7-20(8-11-29)28(3)4/h5-6,13-17,20H,7-12H2,1-4H3. The molecule has 0 saturated carbocycles. The molecule has 176 valence electrons. The number of ether oxygens (including phenoxy) is 2. The van der Waals surface area contributed by atoms with Gasteiger partial charge in [0, 0.05) is 49.1 Å². The van der Waals surface area contributed by atoms with Crippen LogP contribution in [-0.2, 0) is 6.42 Å². The van der Waals surface area contributed by atoms with Crippen LogP contribution < -0.4 is 20.0 Å². The van der Waals surface area contributed by atoms with Crippen LogP contribution in [0.1, 0.15) is 32.3 Å². The summed E-state index contributed by atoms with van der Waals surface area (Å²) in [6.07, 6.45) is 4.43. The number of hydrogen-bond acceptors (Lipinski definition) is 8. The van der Waals surface area contributed by atoms with Crippen molar-refractivity contribution in [2.75, 3.05) is 38.7 Å². The number of benzene rings is 1.